The zero-order valence-electron chi connectivity index (χ0n) is 19.3. The second-order valence-corrected chi connectivity index (χ2v) is 10.9. The Morgan fingerprint density at radius 1 is 1.03 bits per heavy atom. The van der Waals surface area contributed by atoms with Crippen molar-refractivity contribution in [1.29, 1.82) is 0 Å². The van der Waals surface area contributed by atoms with Crippen LogP contribution in [0.25, 0.3) is 16.6 Å². The van der Waals surface area contributed by atoms with E-state index in [0.717, 1.165) is 34.0 Å². The van der Waals surface area contributed by atoms with Gasteiger partial charge in [-0.2, -0.15) is 0 Å². The van der Waals surface area contributed by atoms with E-state index in [1.165, 1.54) is 23.2 Å². The summed E-state index contributed by atoms with van der Waals surface area (Å²) in [6.07, 6.45) is 4.56. The lowest BCUT2D eigenvalue weighted by Crippen LogP contribution is -2.27. The molecule has 0 amide bonds. The summed E-state index contributed by atoms with van der Waals surface area (Å²) in [6, 6.07) is 12.1. The zero-order valence-corrected chi connectivity index (χ0v) is 20.1. The third-order valence-corrected chi connectivity index (χ3v) is 5.95. The highest BCUT2D eigenvalue weighted by molar-refractivity contribution is 7.92. The molecule has 0 bridgehead atoms. The summed E-state index contributed by atoms with van der Waals surface area (Å²) in [6.45, 7) is 6.20. The number of nitrogens with one attached hydrogen (secondary N) is 2. The number of nitrogens with zero attached hydrogens (tertiary/aromatic N) is 3. The van der Waals surface area contributed by atoms with Gasteiger partial charge < -0.3 is 0 Å². The molecule has 9 nitrogen and oxygen atoms in total. The minimum Gasteiger partial charge on any atom is -0.284 e. The Labute approximate surface area is 196 Å². The van der Waals surface area contributed by atoms with Gasteiger partial charge in [-0.05, 0) is 40.8 Å². The predicted molar refractivity (Wildman–Crippen MR) is 132 cm³/mol. The van der Waals surface area contributed by atoms with Gasteiger partial charge >= 0.3 is 5.69 Å². The Kier molecular flexibility index (Phi) is 5.86. The van der Waals surface area contributed by atoms with Gasteiger partial charge in [0.2, 0.25) is 10.0 Å². The molecule has 0 radical (unpaired) electrons. The number of H-pyrrole nitrogens is 1. The molecule has 4 aromatic rings. The van der Waals surface area contributed by atoms with Crippen molar-refractivity contribution in [3.05, 3.63) is 92.6 Å². The van der Waals surface area contributed by atoms with Crippen LogP contribution < -0.4 is 16.0 Å². The second-order valence-electron chi connectivity index (χ2n) is 9.19. The second kappa shape index (κ2) is 8.53. The quantitative estimate of drug-likeness (QED) is 0.453. The van der Waals surface area contributed by atoms with Crippen molar-refractivity contribution in [2.45, 2.75) is 32.6 Å². The lowest BCUT2D eigenvalue weighted by Gasteiger charge is -2.23. The molecule has 10 heteroatoms. The van der Waals surface area contributed by atoms with Crippen molar-refractivity contribution in [2.75, 3.05) is 11.0 Å². The maximum atomic E-state index is 12.5. The van der Waals surface area contributed by atoms with Crippen molar-refractivity contribution in [1.82, 2.24) is 19.5 Å². The van der Waals surface area contributed by atoms with Gasteiger partial charge in [-0.25, -0.2) is 23.2 Å². The van der Waals surface area contributed by atoms with Gasteiger partial charge in [0.25, 0.3) is 5.56 Å². The molecule has 2 aromatic carbocycles. The fourth-order valence-corrected chi connectivity index (χ4v) is 4.34. The van der Waals surface area contributed by atoms with Crippen molar-refractivity contribution in [2.24, 2.45) is 0 Å². The number of aromatic nitrogens is 4. The van der Waals surface area contributed by atoms with E-state index < -0.39 is 21.3 Å². The molecule has 176 valence electrons. The van der Waals surface area contributed by atoms with Crippen molar-refractivity contribution in [3.8, 4) is 5.69 Å². The first kappa shape index (κ1) is 23.4. The monoisotopic (exact) mass is 479 g/mol. The normalized spacial score (nSPS) is 12.1. The van der Waals surface area contributed by atoms with Gasteiger partial charge in [0.15, 0.2) is 0 Å². The number of anilines is 1. The Balaban J connectivity index is 1.85. The van der Waals surface area contributed by atoms with Crippen LogP contribution in [0.5, 0.6) is 0 Å². The number of benzene rings is 2. The first-order valence-electron chi connectivity index (χ1n) is 10.6. The molecule has 2 heterocycles. The number of hydrogen-bond donors (Lipinski definition) is 2. The topological polar surface area (TPSA) is 127 Å². The van der Waals surface area contributed by atoms with E-state index in [2.05, 4.69) is 40.4 Å². The van der Waals surface area contributed by atoms with Gasteiger partial charge in [0.05, 0.1) is 23.2 Å². The number of rotatable bonds is 5. The smallest absolute Gasteiger partial charge is 0.284 e. The summed E-state index contributed by atoms with van der Waals surface area (Å²) in [4.78, 5) is 35.4. The van der Waals surface area contributed by atoms with E-state index in [-0.39, 0.29) is 5.41 Å². The van der Waals surface area contributed by atoms with Crippen LogP contribution >= 0.6 is 0 Å². The van der Waals surface area contributed by atoms with Crippen molar-refractivity contribution < 1.29 is 8.42 Å². The Morgan fingerprint density at radius 2 is 1.74 bits per heavy atom. The Bertz CT molecular complexity index is 1600. The summed E-state index contributed by atoms with van der Waals surface area (Å²) in [5.41, 5.74) is 3.24. The summed E-state index contributed by atoms with van der Waals surface area (Å²) in [5, 5.41) is 0.793. The van der Waals surface area contributed by atoms with Gasteiger partial charge in [0, 0.05) is 29.8 Å². The van der Waals surface area contributed by atoms with Crippen LogP contribution in [0, 0.1) is 0 Å². The maximum Gasteiger partial charge on any atom is 0.332 e. The Hall–Kier alpha value is -3.79. The fourth-order valence-electron chi connectivity index (χ4n) is 3.77. The summed E-state index contributed by atoms with van der Waals surface area (Å²) in [5.74, 6) is 0. The summed E-state index contributed by atoms with van der Waals surface area (Å²) >= 11 is 0. The van der Waals surface area contributed by atoms with Gasteiger partial charge in [-0.15, -0.1) is 0 Å². The molecule has 34 heavy (non-hydrogen) atoms. The van der Waals surface area contributed by atoms with Gasteiger partial charge in [0.1, 0.15) is 6.33 Å². The first-order valence-corrected chi connectivity index (χ1v) is 12.5. The molecule has 2 N–H and O–H groups in total. The highest BCUT2D eigenvalue weighted by Crippen LogP contribution is 2.32. The first-order chi connectivity index (χ1) is 15.9. The third-order valence-electron chi connectivity index (χ3n) is 5.34. The van der Waals surface area contributed by atoms with Crippen LogP contribution in [-0.4, -0.2) is 34.2 Å². The molecular weight excluding hydrogens is 454 g/mol. The molecule has 0 aliphatic rings. The molecule has 0 atom stereocenters. The van der Waals surface area contributed by atoms with Crippen LogP contribution in [0.3, 0.4) is 0 Å². The standard InChI is InChI=1S/C24H25N5O4S/c1-24(2,3)19-13-17(29-10-9-21(30)27-23(29)31)12-18-20(25-14-26-22(18)19)11-15-5-7-16(8-6-15)28-34(4,32)33/h5-10,12-14,28H,11H2,1-4H3,(H,27,30,31). The van der Waals surface area contributed by atoms with Crippen LogP contribution in [-0.2, 0) is 21.9 Å². The summed E-state index contributed by atoms with van der Waals surface area (Å²) < 4.78 is 26.7. The van der Waals surface area contributed by atoms with E-state index in [1.54, 1.807) is 12.1 Å². The average Bonchev–Trinajstić information content (AvgIpc) is 2.73. The Morgan fingerprint density at radius 3 is 2.35 bits per heavy atom. The number of fused-ring (bicyclic) bond motifs is 1. The van der Waals surface area contributed by atoms with E-state index in [1.807, 2.05) is 24.3 Å². The molecule has 0 aliphatic heterocycles. The molecule has 4 rings (SSSR count). The molecular formula is C24H25N5O4S. The SMILES string of the molecule is CC(C)(C)c1cc(-n2ccc(=O)[nH]c2=O)cc2c(Cc3ccc(NS(C)(=O)=O)cc3)ncnc12. The predicted octanol–water partition coefficient (Wildman–Crippen LogP) is 2.73. The molecule has 0 saturated heterocycles. The highest BCUT2D eigenvalue weighted by atomic mass is 32.2. The van der Waals surface area contributed by atoms with Crippen LogP contribution in [0.1, 0.15) is 37.6 Å². The molecule has 0 aliphatic carbocycles. The average molecular weight is 480 g/mol. The van der Waals surface area contributed by atoms with E-state index in [9.17, 15) is 18.0 Å². The molecule has 0 fully saturated rings. The van der Waals surface area contributed by atoms with Gasteiger partial charge in [-0.3, -0.25) is 19.1 Å². The third kappa shape index (κ3) is 5.07. The molecule has 0 saturated carbocycles. The molecule has 0 spiro atoms. The zero-order chi connectivity index (χ0) is 24.7. The molecule has 2 aromatic heterocycles. The number of aromatic amines is 1. The maximum absolute atomic E-state index is 12.5. The number of sulfonamides is 1. The highest BCUT2D eigenvalue weighted by Gasteiger charge is 2.21. The lowest BCUT2D eigenvalue weighted by atomic mass is 9.84. The fraction of sp³-hybridized carbons (Fsp3) is 0.250. The van der Waals surface area contributed by atoms with Crippen LogP contribution in [0.2, 0.25) is 0 Å². The van der Waals surface area contributed by atoms with E-state index in [0.29, 0.717) is 17.8 Å². The summed E-state index contributed by atoms with van der Waals surface area (Å²) in [7, 11) is -3.35. The van der Waals surface area contributed by atoms with Gasteiger partial charge in [-0.1, -0.05) is 32.9 Å². The van der Waals surface area contributed by atoms with Crippen molar-refractivity contribution in [3.63, 3.8) is 0 Å². The van der Waals surface area contributed by atoms with Crippen LogP contribution in [0.4, 0.5) is 5.69 Å². The van der Waals surface area contributed by atoms with Crippen molar-refractivity contribution >= 4 is 26.6 Å². The van der Waals surface area contributed by atoms with Crippen LogP contribution in [0.15, 0.2) is 64.6 Å². The molecule has 0 unspecified atom stereocenters. The lowest BCUT2D eigenvalue weighted by molar-refractivity contribution is 0.593. The minimum atomic E-state index is -3.35. The minimum absolute atomic E-state index is 0.273. The largest absolute Gasteiger partial charge is 0.332 e. The number of hydrogen-bond acceptors (Lipinski definition) is 6. The van der Waals surface area contributed by atoms with E-state index >= 15 is 0 Å². The van der Waals surface area contributed by atoms with E-state index in [4.69, 9.17) is 0 Å².